The third-order valence-corrected chi connectivity index (χ3v) is 3.60. The van der Waals surface area contributed by atoms with Crippen molar-refractivity contribution in [3.63, 3.8) is 0 Å². The molecule has 1 atom stereocenters. The summed E-state index contributed by atoms with van der Waals surface area (Å²) in [6.45, 7) is 0.166. The molecule has 0 bridgehead atoms. The molecule has 0 aliphatic carbocycles. The van der Waals surface area contributed by atoms with Gasteiger partial charge in [0.15, 0.2) is 11.5 Å². The molecule has 2 heterocycles. The molecule has 106 valence electrons. The van der Waals surface area contributed by atoms with Crippen molar-refractivity contribution in [3.8, 4) is 11.5 Å². The number of anilines is 1. The topological polar surface area (TPSA) is 73.9 Å². The molecule has 21 heavy (non-hydrogen) atoms. The maximum Gasteiger partial charge on any atom is 0.247 e. The minimum Gasteiger partial charge on any atom is -0.754 e. The second-order valence-corrected chi connectivity index (χ2v) is 4.84. The summed E-state index contributed by atoms with van der Waals surface area (Å²) >= 11 is 0. The summed E-state index contributed by atoms with van der Waals surface area (Å²) in [5.74, 6) is 0.666. The molecule has 2 aromatic carbocycles. The second kappa shape index (κ2) is 4.39. The summed E-state index contributed by atoms with van der Waals surface area (Å²) < 4.78 is 10.5. The normalized spacial score (nSPS) is 19.2. The van der Waals surface area contributed by atoms with Crippen molar-refractivity contribution >= 4 is 11.6 Å². The van der Waals surface area contributed by atoms with Gasteiger partial charge >= 0.3 is 0 Å². The Morgan fingerprint density at radius 3 is 2.86 bits per heavy atom. The van der Waals surface area contributed by atoms with Gasteiger partial charge in [0.1, 0.15) is 6.17 Å². The Morgan fingerprint density at radius 1 is 1.14 bits per heavy atom. The van der Waals surface area contributed by atoms with Crippen LogP contribution in [0.1, 0.15) is 22.1 Å². The highest BCUT2D eigenvalue weighted by Gasteiger charge is 2.28. The smallest absolute Gasteiger partial charge is 0.247 e. The number of hydrogen-bond donors (Lipinski definition) is 1. The van der Waals surface area contributed by atoms with Gasteiger partial charge in [0, 0.05) is 5.69 Å². The van der Waals surface area contributed by atoms with E-state index >= 15 is 0 Å². The number of amides is 1. The van der Waals surface area contributed by atoms with Crippen molar-refractivity contribution < 1.29 is 14.3 Å². The van der Waals surface area contributed by atoms with Gasteiger partial charge < -0.3 is 25.1 Å². The highest BCUT2D eigenvalue weighted by molar-refractivity contribution is 6.01. The van der Waals surface area contributed by atoms with E-state index in [1.54, 1.807) is 36.4 Å². The zero-order valence-corrected chi connectivity index (χ0v) is 10.9. The summed E-state index contributed by atoms with van der Waals surface area (Å²) in [5, 5.41) is 15.7. The Morgan fingerprint density at radius 2 is 1.95 bits per heavy atom. The van der Waals surface area contributed by atoms with Crippen LogP contribution in [-0.2, 0) is 0 Å². The van der Waals surface area contributed by atoms with Gasteiger partial charge in [-0.2, -0.15) is 0 Å². The zero-order chi connectivity index (χ0) is 14.4. The van der Waals surface area contributed by atoms with Crippen molar-refractivity contribution in [1.82, 2.24) is 5.06 Å². The Kier molecular flexibility index (Phi) is 2.52. The highest BCUT2D eigenvalue weighted by Crippen LogP contribution is 2.38. The van der Waals surface area contributed by atoms with E-state index in [0.29, 0.717) is 33.4 Å². The monoisotopic (exact) mass is 283 g/mol. The van der Waals surface area contributed by atoms with Crippen LogP contribution in [0.2, 0.25) is 0 Å². The van der Waals surface area contributed by atoms with Crippen LogP contribution in [-0.4, -0.2) is 17.8 Å². The molecule has 0 saturated heterocycles. The van der Waals surface area contributed by atoms with Gasteiger partial charge in [0.05, 0.1) is 5.56 Å². The molecule has 1 amide bonds. The predicted octanol–water partition coefficient (Wildman–Crippen LogP) is 2.48. The third kappa shape index (κ3) is 1.80. The molecule has 2 aliphatic heterocycles. The van der Waals surface area contributed by atoms with E-state index in [0.717, 1.165) is 0 Å². The van der Waals surface area contributed by atoms with E-state index in [1.165, 1.54) is 0 Å². The minimum atomic E-state index is -0.776. The predicted molar refractivity (Wildman–Crippen MR) is 74.9 cm³/mol. The standard InChI is InChI=1S/C15H11N2O4/c18-15-10-3-1-2-4-11(10)16-14(17(15)19)9-5-6-12-13(7-9)21-8-20-12/h1-7,14,16H,8H2/q-1. The summed E-state index contributed by atoms with van der Waals surface area (Å²) in [6.07, 6.45) is -0.776. The number of carbonyl (C=O) groups is 1. The molecule has 1 unspecified atom stereocenters. The maximum atomic E-state index is 12.2. The number of ether oxygens (including phenoxy) is 2. The molecule has 0 radical (unpaired) electrons. The molecule has 0 spiro atoms. The fraction of sp³-hybridized carbons (Fsp3) is 0.133. The number of carbonyl (C=O) groups excluding carboxylic acids is 1. The zero-order valence-electron chi connectivity index (χ0n) is 10.9. The summed E-state index contributed by atoms with van der Waals surface area (Å²) in [7, 11) is 0. The Bertz CT molecular complexity index is 731. The van der Waals surface area contributed by atoms with Crippen molar-refractivity contribution in [2.75, 3.05) is 12.1 Å². The van der Waals surface area contributed by atoms with Gasteiger partial charge in [-0.05, 0) is 29.8 Å². The molecule has 2 aromatic rings. The molecule has 0 saturated carbocycles. The molecule has 6 heteroatoms. The minimum absolute atomic E-state index is 0.166. The van der Waals surface area contributed by atoms with E-state index in [2.05, 4.69) is 5.32 Å². The van der Waals surface area contributed by atoms with Crippen molar-refractivity contribution in [3.05, 3.63) is 58.8 Å². The number of rotatable bonds is 1. The van der Waals surface area contributed by atoms with Gasteiger partial charge in [0.25, 0.3) is 0 Å². The highest BCUT2D eigenvalue weighted by atomic mass is 16.7. The molecule has 0 aromatic heterocycles. The van der Waals surface area contributed by atoms with E-state index in [4.69, 9.17) is 9.47 Å². The number of hydroxylamine groups is 2. The number of nitrogens with one attached hydrogen (secondary N) is 1. The lowest BCUT2D eigenvalue weighted by Crippen LogP contribution is -2.38. The first-order valence-corrected chi connectivity index (χ1v) is 6.50. The molecule has 4 rings (SSSR count). The molecule has 0 fully saturated rings. The van der Waals surface area contributed by atoms with Crippen LogP contribution in [0.25, 0.3) is 0 Å². The fourth-order valence-corrected chi connectivity index (χ4v) is 2.54. The van der Waals surface area contributed by atoms with E-state index in [-0.39, 0.29) is 6.79 Å². The summed E-state index contributed by atoms with van der Waals surface area (Å²) in [5.41, 5.74) is 1.68. The Hall–Kier alpha value is -2.73. The van der Waals surface area contributed by atoms with Crippen LogP contribution < -0.4 is 14.8 Å². The van der Waals surface area contributed by atoms with E-state index < -0.39 is 12.1 Å². The second-order valence-electron chi connectivity index (χ2n) is 4.84. The van der Waals surface area contributed by atoms with Crippen LogP contribution >= 0.6 is 0 Å². The largest absolute Gasteiger partial charge is 0.754 e. The number of benzene rings is 2. The molecular formula is C15H11N2O4-. The Labute approximate surface area is 120 Å². The average molecular weight is 283 g/mol. The lowest BCUT2D eigenvalue weighted by Gasteiger charge is -2.42. The molecule has 2 aliphatic rings. The van der Waals surface area contributed by atoms with Crippen LogP contribution in [0.5, 0.6) is 11.5 Å². The first-order valence-electron chi connectivity index (χ1n) is 6.50. The van der Waals surface area contributed by atoms with Crippen LogP contribution in [0.3, 0.4) is 0 Å². The van der Waals surface area contributed by atoms with Gasteiger partial charge in [-0.25, -0.2) is 0 Å². The molecule has 6 nitrogen and oxygen atoms in total. The van der Waals surface area contributed by atoms with Gasteiger partial charge in [0.2, 0.25) is 12.7 Å². The first-order chi connectivity index (χ1) is 10.2. The molecule has 1 N–H and O–H groups in total. The van der Waals surface area contributed by atoms with Crippen molar-refractivity contribution in [2.45, 2.75) is 6.17 Å². The van der Waals surface area contributed by atoms with Crippen LogP contribution in [0.15, 0.2) is 42.5 Å². The average Bonchev–Trinajstić information content (AvgIpc) is 2.98. The number of para-hydroxylation sites is 1. The van der Waals surface area contributed by atoms with Crippen molar-refractivity contribution in [2.24, 2.45) is 0 Å². The lowest BCUT2D eigenvalue weighted by atomic mass is 10.0. The summed E-state index contributed by atoms with van der Waals surface area (Å²) in [4.78, 5) is 12.2. The van der Waals surface area contributed by atoms with Gasteiger partial charge in [-0.15, -0.1) is 0 Å². The van der Waals surface area contributed by atoms with Crippen LogP contribution in [0.4, 0.5) is 5.69 Å². The Balaban J connectivity index is 1.75. The quantitative estimate of drug-likeness (QED) is 0.870. The lowest BCUT2D eigenvalue weighted by molar-refractivity contribution is 0.0771. The van der Waals surface area contributed by atoms with E-state index in [9.17, 15) is 10.0 Å². The maximum absolute atomic E-state index is 12.2. The third-order valence-electron chi connectivity index (χ3n) is 3.60. The number of fused-ring (bicyclic) bond motifs is 2. The summed E-state index contributed by atoms with van der Waals surface area (Å²) in [6, 6.07) is 12.1. The van der Waals surface area contributed by atoms with Crippen molar-refractivity contribution in [1.29, 1.82) is 0 Å². The number of nitrogens with zero attached hydrogens (tertiary/aromatic N) is 1. The van der Waals surface area contributed by atoms with Gasteiger partial charge in [-0.1, -0.05) is 18.2 Å². The molecular weight excluding hydrogens is 272 g/mol. The van der Waals surface area contributed by atoms with E-state index in [1.807, 2.05) is 6.07 Å². The van der Waals surface area contributed by atoms with Crippen LogP contribution in [0, 0.1) is 5.21 Å². The SMILES string of the molecule is O=C1c2ccccc2NC(c2ccc3c(c2)OCO3)N1[O-]. The number of hydrogen-bond acceptors (Lipinski definition) is 5. The van der Waals surface area contributed by atoms with Gasteiger partial charge in [-0.3, -0.25) is 4.79 Å². The first kappa shape index (κ1) is 12.0. The fourth-order valence-electron chi connectivity index (χ4n) is 2.54.